The number of benzene rings is 2. The van der Waals surface area contributed by atoms with Crippen LogP contribution in [0.3, 0.4) is 0 Å². The van der Waals surface area contributed by atoms with Crippen molar-refractivity contribution in [1.29, 1.82) is 0 Å². The summed E-state index contributed by atoms with van der Waals surface area (Å²) in [6, 6.07) is 10.4. The minimum atomic E-state index is -4.56. The number of sulfonamides is 1. The Hall–Kier alpha value is -4.24. The van der Waals surface area contributed by atoms with E-state index in [1.807, 2.05) is 0 Å². The van der Waals surface area contributed by atoms with Crippen LogP contribution in [0.25, 0.3) is 39.7 Å². The van der Waals surface area contributed by atoms with Crippen molar-refractivity contribution in [2.45, 2.75) is 17.5 Å². The van der Waals surface area contributed by atoms with E-state index in [0.717, 1.165) is 34.8 Å². The smallest absolute Gasteiger partial charge is 0.333 e. The Labute approximate surface area is 204 Å². The largest absolute Gasteiger partial charge is 0.416 e. The van der Waals surface area contributed by atoms with Crippen LogP contribution >= 0.6 is 0 Å². The maximum absolute atomic E-state index is 13.8. The molecular weight excluding hydrogens is 523 g/mol. The zero-order valence-electron chi connectivity index (χ0n) is 18.2. The van der Waals surface area contributed by atoms with Crippen LogP contribution in [0.4, 0.5) is 22.0 Å². The molecule has 2 aromatic carbocycles. The molecule has 0 fully saturated rings. The van der Waals surface area contributed by atoms with Crippen LogP contribution in [0.15, 0.2) is 70.2 Å². The van der Waals surface area contributed by atoms with E-state index in [-0.39, 0.29) is 44.6 Å². The molecule has 0 unspecified atom stereocenters. The Morgan fingerprint density at radius 2 is 1.70 bits per heavy atom. The van der Waals surface area contributed by atoms with Crippen molar-refractivity contribution in [3.8, 4) is 34.1 Å². The second-order valence-corrected chi connectivity index (χ2v) is 9.29. The van der Waals surface area contributed by atoms with Crippen LogP contribution in [0.5, 0.6) is 0 Å². The molecule has 3 aromatic heterocycles. The summed E-state index contributed by atoms with van der Waals surface area (Å²) in [6.45, 7) is 0. The Morgan fingerprint density at radius 3 is 2.35 bits per heavy atom. The molecule has 0 amide bonds. The first-order valence-corrected chi connectivity index (χ1v) is 11.8. The van der Waals surface area contributed by atoms with Gasteiger partial charge in [-0.3, -0.25) is 0 Å². The third-order valence-corrected chi connectivity index (χ3v) is 6.22. The number of primary sulfonamides is 1. The van der Waals surface area contributed by atoms with Crippen LogP contribution in [0, 0.1) is 0 Å². The lowest BCUT2D eigenvalue weighted by Gasteiger charge is -2.10. The summed E-state index contributed by atoms with van der Waals surface area (Å²) in [5.74, 6) is -0.184. The number of nitrogens with zero attached hydrogens (tertiary/aromatic N) is 5. The van der Waals surface area contributed by atoms with Gasteiger partial charge >= 0.3 is 6.18 Å². The average Bonchev–Trinajstić information content (AvgIpc) is 3.50. The summed E-state index contributed by atoms with van der Waals surface area (Å²) >= 11 is 0. The molecular formula is C22H13F5N6O3S. The van der Waals surface area contributed by atoms with Crippen LogP contribution in [0.2, 0.25) is 0 Å². The average molecular weight is 536 g/mol. The molecule has 190 valence electrons. The molecule has 15 heteroatoms. The Bertz CT molecular complexity index is 1730. The fourth-order valence-corrected chi connectivity index (χ4v) is 4.09. The fraction of sp³-hybridized carbons (Fsp3) is 0.0909. The number of nitrogens with two attached hydrogens (primary N) is 1. The highest BCUT2D eigenvalue weighted by molar-refractivity contribution is 7.89. The van der Waals surface area contributed by atoms with Crippen molar-refractivity contribution in [1.82, 2.24) is 24.7 Å². The fourth-order valence-electron chi connectivity index (χ4n) is 3.53. The number of alkyl halides is 5. The van der Waals surface area contributed by atoms with Crippen molar-refractivity contribution in [2.24, 2.45) is 5.14 Å². The number of fused-ring (bicyclic) bond motifs is 1. The minimum Gasteiger partial charge on any atom is -0.333 e. The van der Waals surface area contributed by atoms with Crippen molar-refractivity contribution in [2.75, 3.05) is 0 Å². The van der Waals surface area contributed by atoms with E-state index in [0.29, 0.717) is 0 Å². The quantitative estimate of drug-likeness (QED) is 0.322. The van der Waals surface area contributed by atoms with Crippen LogP contribution in [-0.2, 0) is 16.2 Å². The van der Waals surface area contributed by atoms with Gasteiger partial charge in [0.2, 0.25) is 15.8 Å². The van der Waals surface area contributed by atoms with Crippen molar-refractivity contribution in [3.63, 3.8) is 0 Å². The lowest BCUT2D eigenvalue weighted by molar-refractivity contribution is -0.137. The van der Waals surface area contributed by atoms with E-state index in [9.17, 15) is 30.4 Å². The lowest BCUT2D eigenvalue weighted by atomic mass is 10.1. The highest BCUT2D eigenvalue weighted by Gasteiger charge is 2.30. The second-order valence-electron chi connectivity index (χ2n) is 7.73. The Balaban J connectivity index is 1.60. The standard InChI is InChI=1S/C22H13F5N6O3S/c23-18(24)17-9-16(11-4-6-13(7-5-11)22(25,26)27)30-20-15(10-29-33(17)20)21-31-19(32-36-21)12-2-1-3-14(8-12)37(28,34)35/h1-10,18H,(H2,28,34,35). The first-order valence-electron chi connectivity index (χ1n) is 10.2. The second kappa shape index (κ2) is 8.70. The number of rotatable bonds is 5. The topological polar surface area (TPSA) is 129 Å². The van der Waals surface area contributed by atoms with E-state index in [4.69, 9.17) is 9.66 Å². The monoisotopic (exact) mass is 536 g/mol. The maximum atomic E-state index is 13.8. The van der Waals surface area contributed by atoms with Gasteiger partial charge in [0.25, 0.3) is 12.3 Å². The van der Waals surface area contributed by atoms with Crippen LogP contribution in [-0.4, -0.2) is 33.2 Å². The summed E-state index contributed by atoms with van der Waals surface area (Å²) < 4.78 is 95.8. The summed E-state index contributed by atoms with van der Waals surface area (Å²) in [6.07, 6.45) is -6.39. The maximum Gasteiger partial charge on any atom is 0.416 e. The predicted octanol–water partition coefficient (Wildman–Crippen LogP) is 4.72. The first kappa shape index (κ1) is 24.5. The zero-order valence-corrected chi connectivity index (χ0v) is 19.0. The Kier molecular flexibility index (Phi) is 5.75. The van der Waals surface area contributed by atoms with Gasteiger partial charge in [-0.15, -0.1) is 0 Å². The van der Waals surface area contributed by atoms with Crippen LogP contribution < -0.4 is 5.14 Å². The molecule has 5 rings (SSSR count). The van der Waals surface area contributed by atoms with Gasteiger partial charge in [-0.25, -0.2) is 31.8 Å². The highest BCUT2D eigenvalue weighted by Crippen LogP contribution is 2.33. The van der Waals surface area contributed by atoms with Gasteiger partial charge < -0.3 is 4.52 Å². The van der Waals surface area contributed by atoms with Crippen molar-refractivity contribution in [3.05, 3.63) is 72.1 Å². The molecule has 0 saturated heterocycles. The lowest BCUT2D eigenvalue weighted by Crippen LogP contribution is -2.11. The summed E-state index contributed by atoms with van der Waals surface area (Å²) in [4.78, 5) is 8.32. The third-order valence-electron chi connectivity index (χ3n) is 5.31. The van der Waals surface area contributed by atoms with Gasteiger partial charge in [-0.2, -0.15) is 23.3 Å². The molecule has 0 atom stereocenters. The molecule has 0 bridgehead atoms. The van der Waals surface area contributed by atoms with E-state index in [1.54, 1.807) is 0 Å². The number of aromatic nitrogens is 5. The molecule has 0 saturated carbocycles. The normalized spacial score (nSPS) is 12.5. The number of halogens is 5. The van der Waals surface area contributed by atoms with E-state index in [2.05, 4.69) is 20.2 Å². The van der Waals surface area contributed by atoms with Crippen molar-refractivity contribution < 1.29 is 34.9 Å². The highest BCUT2D eigenvalue weighted by atomic mass is 32.2. The number of hydrogen-bond donors (Lipinski definition) is 1. The summed E-state index contributed by atoms with van der Waals surface area (Å²) in [5.41, 5.74) is -1.12. The predicted molar refractivity (Wildman–Crippen MR) is 118 cm³/mol. The Morgan fingerprint density at radius 1 is 0.973 bits per heavy atom. The van der Waals surface area contributed by atoms with Gasteiger partial charge in [0.15, 0.2) is 5.65 Å². The SMILES string of the molecule is NS(=O)(=O)c1cccc(-c2noc(-c3cnn4c(C(F)F)cc(-c5ccc(C(F)(F)F)cc5)nc34)n2)c1. The van der Waals surface area contributed by atoms with E-state index < -0.39 is 33.9 Å². The molecule has 37 heavy (non-hydrogen) atoms. The summed E-state index contributed by atoms with van der Waals surface area (Å²) in [7, 11) is -4.00. The molecule has 0 spiro atoms. The molecule has 9 nitrogen and oxygen atoms in total. The van der Waals surface area contributed by atoms with Gasteiger partial charge in [-0.1, -0.05) is 29.4 Å². The molecule has 0 radical (unpaired) electrons. The molecule has 0 aliphatic heterocycles. The number of hydrogen-bond acceptors (Lipinski definition) is 7. The summed E-state index contributed by atoms with van der Waals surface area (Å²) in [5, 5.41) is 12.9. The first-order chi connectivity index (χ1) is 17.4. The van der Waals surface area contributed by atoms with E-state index in [1.165, 1.54) is 30.5 Å². The van der Waals surface area contributed by atoms with Gasteiger partial charge in [0.1, 0.15) is 11.3 Å². The molecule has 3 heterocycles. The molecule has 5 aromatic rings. The minimum absolute atomic E-state index is 0.0205. The molecule has 0 aliphatic carbocycles. The van der Waals surface area contributed by atoms with Gasteiger partial charge in [0, 0.05) is 11.1 Å². The third kappa shape index (κ3) is 4.65. The molecule has 2 N–H and O–H groups in total. The van der Waals surface area contributed by atoms with E-state index >= 15 is 0 Å². The van der Waals surface area contributed by atoms with Gasteiger partial charge in [-0.05, 0) is 30.3 Å². The van der Waals surface area contributed by atoms with Crippen molar-refractivity contribution >= 4 is 15.7 Å². The molecule has 0 aliphatic rings. The van der Waals surface area contributed by atoms with Gasteiger partial charge in [0.05, 0.1) is 22.3 Å². The van der Waals surface area contributed by atoms with Crippen LogP contribution in [0.1, 0.15) is 17.7 Å². The zero-order chi connectivity index (χ0) is 26.5.